The molecule has 1 aliphatic rings. The average molecular weight is 300 g/mol. The summed E-state index contributed by atoms with van der Waals surface area (Å²) in [5, 5.41) is 3.53. The fraction of sp³-hybridized carbons (Fsp3) is 0.571. The first-order chi connectivity index (χ1) is 8.22. The predicted octanol–water partition coefficient (Wildman–Crippen LogP) is 4.22. The van der Waals surface area contributed by atoms with Gasteiger partial charge in [0.2, 0.25) is 0 Å². The van der Waals surface area contributed by atoms with E-state index in [0.717, 1.165) is 37.8 Å². The Hall–Kier alpha value is -0.410. The van der Waals surface area contributed by atoms with Gasteiger partial charge in [0.1, 0.15) is 5.82 Å². The van der Waals surface area contributed by atoms with E-state index in [9.17, 15) is 4.39 Å². The number of hydrogen-bond acceptors (Lipinski definition) is 1. The molecule has 1 aromatic rings. The Morgan fingerprint density at radius 2 is 2.24 bits per heavy atom. The molecule has 3 heteroatoms. The van der Waals surface area contributed by atoms with Crippen molar-refractivity contribution in [1.29, 1.82) is 0 Å². The van der Waals surface area contributed by atoms with Crippen molar-refractivity contribution in [2.45, 2.75) is 44.6 Å². The molecule has 1 aliphatic carbocycles. The van der Waals surface area contributed by atoms with Gasteiger partial charge >= 0.3 is 0 Å². The normalized spacial score (nSPS) is 24.2. The first-order valence-corrected chi connectivity index (χ1v) is 7.19. The number of nitrogens with one attached hydrogen (secondary N) is 1. The van der Waals surface area contributed by atoms with Gasteiger partial charge < -0.3 is 5.32 Å². The fourth-order valence-corrected chi connectivity index (χ4v) is 3.02. The van der Waals surface area contributed by atoms with E-state index < -0.39 is 0 Å². The van der Waals surface area contributed by atoms with E-state index in [2.05, 4.69) is 28.2 Å². The molecule has 2 unspecified atom stereocenters. The molecule has 1 aromatic carbocycles. The maximum absolute atomic E-state index is 14.0. The summed E-state index contributed by atoms with van der Waals surface area (Å²) in [6, 6.07) is 6.18. The molecule has 1 nitrogen and oxygen atoms in total. The highest BCUT2D eigenvalue weighted by Gasteiger charge is 2.27. The van der Waals surface area contributed by atoms with E-state index in [1.54, 1.807) is 6.07 Å². The highest BCUT2D eigenvalue weighted by Crippen LogP contribution is 2.37. The molecule has 0 radical (unpaired) electrons. The maximum Gasteiger partial charge on any atom is 0.140 e. The molecule has 0 spiro atoms. The summed E-state index contributed by atoms with van der Waals surface area (Å²) < 4.78 is 14.5. The fourth-order valence-electron chi connectivity index (χ4n) is 2.63. The Morgan fingerprint density at radius 3 is 3.00 bits per heavy atom. The second-order valence-electron chi connectivity index (χ2n) is 4.80. The van der Waals surface area contributed by atoms with Crippen LogP contribution in [0.5, 0.6) is 0 Å². The molecule has 1 N–H and O–H groups in total. The van der Waals surface area contributed by atoms with E-state index in [-0.39, 0.29) is 5.82 Å². The van der Waals surface area contributed by atoms with Gasteiger partial charge in [-0.25, -0.2) is 4.39 Å². The highest BCUT2D eigenvalue weighted by atomic mass is 79.9. The van der Waals surface area contributed by atoms with Crippen LogP contribution in [0.4, 0.5) is 4.39 Å². The summed E-state index contributed by atoms with van der Waals surface area (Å²) in [7, 11) is 0. The lowest BCUT2D eigenvalue weighted by Crippen LogP contribution is -2.26. The van der Waals surface area contributed by atoms with Crippen molar-refractivity contribution in [3.63, 3.8) is 0 Å². The molecule has 0 saturated heterocycles. The van der Waals surface area contributed by atoms with Crippen molar-refractivity contribution in [3.8, 4) is 0 Å². The lowest BCUT2D eigenvalue weighted by Gasteiger charge is -2.14. The van der Waals surface area contributed by atoms with Crippen LogP contribution in [0, 0.1) is 5.82 Å². The second-order valence-corrected chi connectivity index (χ2v) is 5.66. The van der Waals surface area contributed by atoms with Gasteiger partial charge in [0.25, 0.3) is 0 Å². The molecular formula is C14H19BrFN. The lowest BCUT2D eigenvalue weighted by molar-refractivity contribution is 0.511. The maximum atomic E-state index is 14.0. The van der Waals surface area contributed by atoms with Crippen molar-refractivity contribution >= 4 is 15.9 Å². The zero-order valence-corrected chi connectivity index (χ0v) is 11.8. The molecule has 0 aliphatic heterocycles. The Balaban J connectivity index is 2.02. The summed E-state index contributed by atoms with van der Waals surface area (Å²) >= 11 is 3.26. The molecule has 0 heterocycles. The van der Waals surface area contributed by atoms with Crippen molar-refractivity contribution in [2.75, 3.05) is 6.54 Å². The Morgan fingerprint density at radius 1 is 1.41 bits per heavy atom. The summed E-state index contributed by atoms with van der Waals surface area (Å²) in [6.07, 6.45) is 4.48. The zero-order chi connectivity index (χ0) is 12.3. The molecule has 94 valence electrons. The van der Waals surface area contributed by atoms with E-state index in [0.29, 0.717) is 16.4 Å². The summed E-state index contributed by atoms with van der Waals surface area (Å²) in [5.74, 6) is 0.301. The lowest BCUT2D eigenvalue weighted by atomic mass is 9.97. The van der Waals surface area contributed by atoms with Gasteiger partial charge in [0.05, 0.1) is 4.47 Å². The van der Waals surface area contributed by atoms with Crippen molar-refractivity contribution in [3.05, 3.63) is 34.1 Å². The van der Waals surface area contributed by atoms with Crippen LogP contribution in [-0.2, 0) is 0 Å². The van der Waals surface area contributed by atoms with Crippen LogP contribution in [0.15, 0.2) is 22.7 Å². The number of halogens is 2. The van der Waals surface area contributed by atoms with Crippen LogP contribution in [0.2, 0.25) is 0 Å². The van der Waals surface area contributed by atoms with Crippen molar-refractivity contribution < 1.29 is 4.39 Å². The highest BCUT2D eigenvalue weighted by molar-refractivity contribution is 9.10. The largest absolute Gasteiger partial charge is 0.314 e. The quantitative estimate of drug-likeness (QED) is 0.877. The first-order valence-electron chi connectivity index (χ1n) is 6.39. The second kappa shape index (κ2) is 5.96. The van der Waals surface area contributed by atoms with Gasteiger partial charge in [-0.15, -0.1) is 0 Å². The average Bonchev–Trinajstić information content (AvgIpc) is 2.78. The van der Waals surface area contributed by atoms with Crippen LogP contribution in [0.3, 0.4) is 0 Å². The Bertz CT molecular complexity index is 380. The minimum atomic E-state index is -0.0753. The smallest absolute Gasteiger partial charge is 0.140 e. The first kappa shape index (κ1) is 13.0. The van der Waals surface area contributed by atoms with Gasteiger partial charge in [-0.3, -0.25) is 0 Å². The summed E-state index contributed by atoms with van der Waals surface area (Å²) in [4.78, 5) is 0. The van der Waals surface area contributed by atoms with Crippen LogP contribution in [0.25, 0.3) is 0 Å². The van der Waals surface area contributed by atoms with Gasteiger partial charge in [-0.2, -0.15) is 0 Å². The molecule has 1 fully saturated rings. The number of hydrogen-bond donors (Lipinski definition) is 1. The van der Waals surface area contributed by atoms with Gasteiger partial charge in [0.15, 0.2) is 0 Å². The van der Waals surface area contributed by atoms with E-state index in [1.165, 1.54) is 0 Å². The van der Waals surface area contributed by atoms with Gasteiger partial charge in [-0.1, -0.05) is 19.1 Å². The third kappa shape index (κ3) is 3.08. The molecule has 17 heavy (non-hydrogen) atoms. The van der Waals surface area contributed by atoms with Crippen LogP contribution >= 0.6 is 15.9 Å². The monoisotopic (exact) mass is 299 g/mol. The SMILES string of the molecule is CCCNC1CCC(c2cccc(Br)c2F)C1. The molecular weight excluding hydrogens is 281 g/mol. The molecule has 2 rings (SSSR count). The van der Waals surface area contributed by atoms with Crippen molar-refractivity contribution in [1.82, 2.24) is 5.32 Å². The standard InChI is InChI=1S/C14H19BrFN/c1-2-8-17-11-7-6-10(9-11)12-4-3-5-13(15)14(12)16/h3-5,10-11,17H,2,6-9H2,1H3. The molecule has 1 saturated carbocycles. The third-order valence-corrected chi connectivity index (χ3v) is 4.15. The topological polar surface area (TPSA) is 12.0 Å². The van der Waals surface area contributed by atoms with Crippen LogP contribution in [-0.4, -0.2) is 12.6 Å². The number of rotatable bonds is 4. The van der Waals surface area contributed by atoms with Crippen LogP contribution < -0.4 is 5.32 Å². The Labute approximate surface area is 111 Å². The predicted molar refractivity (Wildman–Crippen MR) is 72.8 cm³/mol. The van der Waals surface area contributed by atoms with Gasteiger partial charge in [0, 0.05) is 6.04 Å². The summed E-state index contributed by atoms with van der Waals surface area (Å²) in [6.45, 7) is 3.24. The van der Waals surface area contributed by atoms with E-state index in [4.69, 9.17) is 0 Å². The zero-order valence-electron chi connectivity index (χ0n) is 10.2. The molecule has 0 bridgehead atoms. The Kier molecular flexibility index (Phi) is 4.57. The molecule has 0 amide bonds. The molecule has 0 aromatic heterocycles. The van der Waals surface area contributed by atoms with Crippen molar-refractivity contribution in [2.24, 2.45) is 0 Å². The third-order valence-electron chi connectivity index (χ3n) is 3.54. The van der Waals surface area contributed by atoms with E-state index in [1.807, 2.05) is 12.1 Å². The molecule has 2 atom stereocenters. The summed E-state index contributed by atoms with van der Waals surface area (Å²) in [5.41, 5.74) is 0.875. The van der Waals surface area contributed by atoms with Crippen LogP contribution in [0.1, 0.15) is 44.1 Å². The van der Waals surface area contributed by atoms with Gasteiger partial charge in [-0.05, 0) is 65.7 Å². The van der Waals surface area contributed by atoms with E-state index >= 15 is 0 Å². The number of benzene rings is 1. The minimum absolute atomic E-state index is 0.0753. The minimum Gasteiger partial charge on any atom is -0.314 e.